The molecule has 0 aliphatic carbocycles. The SMILES string of the molecule is COc1ccc(NC(C)=O)cc1CCNC(C)(C)C. The third kappa shape index (κ3) is 5.75. The number of methoxy groups -OCH3 is 1. The molecule has 0 aliphatic rings. The van der Waals surface area contributed by atoms with Gasteiger partial charge in [-0.3, -0.25) is 4.79 Å². The summed E-state index contributed by atoms with van der Waals surface area (Å²) in [4.78, 5) is 11.1. The fourth-order valence-corrected chi connectivity index (χ4v) is 1.83. The summed E-state index contributed by atoms with van der Waals surface area (Å²) in [5.74, 6) is 0.786. The lowest BCUT2D eigenvalue weighted by Crippen LogP contribution is -2.37. The zero-order valence-electron chi connectivity index (χ0n) is 12.5. The van der Waals surface area contributed by atoms with E-state index in [1.54, 1.807) is 7.11 Å². The molecule has 1 aromatic rings. The Balaban J connectivity index is 2.75. The van der Waals surface area contributed by atoms with Gasteiger partial charge in [0.05, 0.1) is 7.11 Å². The van der Waals surface area contributed by atoms with Crippen LogP contribution in [0.1, 0.15) is 33.3 Å². The minimum absolute atomic E-state index is 0.0658. The first kappa shape index (κ1) is 15.5. The minimum Gasteiger partial charge on any atom is -0.496 e. The molecule has 1 rings (SSSR count). The van der Waals surface area contributed by atoms with E-state index in [-0.39, 0.29) is 11.4 Å². The third-order valence-corrected chi connectivity index (χ3v) is 2.65. The van der Waals surface area contributed by atoms with Gasteiger partial charge in [0.2, 0.25) is 5.91 Å². The molecule has 4 heteroatoms. The summed E-state index contributed by atoms with van der Waals surface area (Å²) >= 11 is 0. The minimum atomic E-state index is -0.0658. The van der Waals surface area contributed by atoms with Crippen LogP contribution in [0.25, 0.3) is 0 Å². The number of hydrogen-bond acceptors (Lipinski definition) is 3. The second-order valence-corrected chi connectivity index (χ2v) is 5.63. The van der Waals surface area contributed by atoms with Gasteiger partial charge in [-0.05, 0) is 57.5 Å². The molecule has 1 amide bonds. The maximum atomic E-state index is 11.1. The molecule has 0 saturated heterocycles. The highest BCUT2D eigenvalue weighted by molar-refractivity contribution is 5.88. The Morgan fingerprint density at radius 2 is 2.00 bits per heavy atom. The topological polar surface area (TPSA) is 50.4 Å². The highest BCUT2D eigenvalue weighted by atomic mass is 16.5. The van der Waals surface area contributed by atoms with Crippen LogP contribution in [0.3, 0.4) is 0 Å². The number of hydrogen-bond donors (Lipinski definition) is 2. The Kier molecular flexibility index (Phi) is 5.36. The van der Waals surface area contributed by atoms with Gasteiger partial charge < -0.3 is 15.4 Å². The fraction of sp³-hybridized carbons (Fsp3) is 0.533. The van der Waals surface area contributed by atoms with Crippen molar-refractivity contribution in [3.63, 3.8) is 0 Å². The third-order valence-electron chi connectivity index (χ3n) is 2.65. The summed E-state index contributed by atoms with van der Waals surface area (Å²) < 4.78 is 5.35. The van der Waals surface area contributed by atoms with Crippen LogP contribution in [0.5, 0.6) is 5.75 Å². The molecule has 19 heavy (non-hydrogen) atoms. The van der Waals surface area contributed by atoms with Gasteiger partial charge in [0, 0.05) is 18.2 Å². The molecule has 0 fully saturated rings. The average Bonchev–Trinajstić information content (AvgIpc) is 2.27. The zero-order chi connectivity index (χ0) is 14.5. The molecule has 0 aliphatic heterocycles. The second-order valence-electron chi connectivity index (χ2n) is 5.63. The first-order valence-electron chi connectivity index (χ1n) is 6.51. The first-order valence-corrected chi connectivity index (χ1v) is 6.51. The molecule has 1 aromatic carbocycles. The summed E-state index contributed by atoms with van der Waals surface area (Å²) in [5.41, 5.74) is 1.99. The number of carbonyl (C=O) groups is 1. The molecular weight excluding hydrogens is 240 g/mol. The van der Waals surface area contributed by atoms with Gasteiger partial charge in [-0.15, -0.1) is 0 Å². The lowest BCUT2D eigenvalue weighted by Gasteiger charge is -2.21. The Morgan fingerprint density at radius 1 is 1.32 bits per heavy atom. The maximum Gasteiger partial charge on any atom is 0.221 e. The van der Waals surface area contributed by atoms with E-state index in [0.717, 1.165) is 30.0 Å². The monoisotopic (exact) mass is 264 g/mol. The van der Waals surface area contributed by atoms with Crippen molar-refractivity contribution in [2.24, 2.45) is 0 Å². The van der Waals surface area contributed by atoms with E-state index in [0.29, 0.717) is 0 Å². The van der Waals surface area contributed by atoms with Crippen molar-refractivity contribution < 1.29 is 9.53 Å². The van der Waals surface area contributed by atoms with Gasteiger partial charge >= 0.3 is 0 Å². The second kappa shape index (κ2) is 6.57. The van der Waals surface area contributed by atoms with Gasteiger partial charge in [0.15, 0.2) is 0 Å². The number of amides is 1. The van der Waals surface area contributed by atoms with Crippen LogP contribution in [0.4, 0.5) is 5.69 Å². The molecule has 106 valence electrons. The number of ether oxygens (including phenoxy) is 1. The smallest absolute Gasteiger partial charge is 0.221 e. The summed E-state index contributed by atoms with van der Waals surface area (Å²) in [6.45, 7) is 8.78. The van der Waals surface area contributed by atoms with Crippen molar-refractivity contribution in [1.82, 2.24) is 5.32 Å². The molecule has 0 saturated carbocycles. The van der Waals surface area contributed by atoms with Crippen molar-refractivity contribution in [2.75, 3.05) is 19.0 Å². The maximum absolute atomic E-state index is 11.1. The van der Waals surface area contributed by atoms with Crippen molar-refractivity contribution in [2.45, 2.75) is 39.7 Å². The summed E-state index contributed by atoms with van der Waals surface area (Å²) in [7, 11) is 1.66. The number of anilines is 1. The van der Waals surface area contributed by atoms with Crippen molar-refractivity contribution in [1.29, 1.82) is 0 Å². The van der Waals surface area contributed by atoms with E-state index in [9.17, 15) is 4.79 Å². The largest absolute Gasteiger partial charge is 0.496 e. The Hall–Kier alpha value is -1.55. The Labute approximate surface area is 115 Å². The van der Waals surface area contributed by atoms with Crippen molar-refractivity contribution >= 4 is 11.6 Å². The lowest BCUT2D eigenvalue weighted by atomic mass is 10.1. The van der Waals surface area contributed by atoms with E-state index >= 15 is 0 Å². The van der Waals surface area contributed by atoms with Gasteiger partial charge in [-0.25, -0.2) is 0 Å². The number of benzene rings is 1. The number of nitrogens with one attached hydrogen (secondary N) is 2. The molecule has 4 nitrogen and oxygen atoms in total. The Morgan fingerprint density at radius 3 is 2.53 bits per heavy atom. The molecule has 2 N–H and O–H groups in total. The Bertz CT molecular complexity index is 436. The fourth-order valence-electron chi connectivity index (χ4n) is 1.83. The molecule has 0 radical (unpaired) electrons. The number of carbonyl (C=O) groups excluding carboxylic acids is 1. The van der Waals surface area contributed by atoms with E-state index in [2.05, 4.69) is 31.4 Å². The van der Waals surface area contributed by atoms with Crippen LogP contribution in [-0.2, 0) is 11.2 Å². The highest BCUT2D eigenvalue weighted by Gasteiger charge is 2.10. The molecule has 0 bridgehead atoms. The first-order chi connectivity index (χ1) is 8.81. The summed E-state index contributed by atoms with van der Waals surface area (Å²) in [6.07, 6.45) is 0.855. The van der Waals surface area contributed by atoms with Crippen LogP contribution in [0.15, 0.2) is 18.2 Å². The van der Waals surface area contributed by atoms with Gasteiger partial charge in [-0.1, -0.05) is 0 Å². The van der Waals surface area contributed by atoms with E-state index in [4.69, 9.17) is 4.74 Å². The molecule has 0 heterocycles. The van der Waals surface area contributed by atoms with E-state index in [1.165, 1.54) is 6.92 Å². The predicted octanol–water partition coefficient (Wildman–Crippen LogP) is 2.58. The van der Waals surface area contributed by atoms with Crippen molar-refractivity contribution in [3.05, 3.63) is 23.8 Å². The lowest BCUT2D eigenvalue weighted by molar-refractivity contribution is -0.114. The van der Waals surface area contributed by atoms with Gasteiger partial charge in [0.1, 0.15) is 5.75 Å². The summed E-state index contributed by atoms with van der Waals surface area (Å²) in [6, 6.07) is 5.70. The predicted molar refractivity (Wildman–Crippen MR) is 78.8 cm³/mol. The van der Waals surface area contributed by atoms with Gasteiger partial charge in [0.25, 0.3) is 0 Å². The molecule has 0 unspecified atom stereocenters. The van der Waals surface area contributed by atoms with E-state index < -0.39 is 0 Å². The van der Waals surface area contributed by atoms with Crippen LogP contribution >= 0.6 is 0 Å². The molecular formula is C15H24N2O2. The van der Waals surface area contributed by atoms with Crippen LogP contribution in [-0.4, -0.2) is 25.1 Å². The quantitative estimate of drug-likeness (QED) is 0.859. The van der Waals surface area contributed by atoms with Crippen molar-refractivity contribution in [3.8, 4) is 5.75 Å². The van der Waals surface area contributed by atoms with E-state index in [1.807, 2.05) is 18.2 Å². The molecule has 0 spiro atoms. The average molecular weight is 264 g/mol. The number of rotatable bonds is 5. The molecule has 0 aromatic heterocycles. The zero-order valence-corrected chi connectivity index (χ0v) is 12.5. The standard InChI is InChI=1S/C15H24N2O2/c1-11(18)17-13-6-7-14(19-5)12(10-13)8-9-16-15(2,3)4/h6-7,10,16H,8-9H2,1-5H3,(H,17,18). The van der Waals surface area contributed by atoms with Crippen LogP contribution in [0.2, 0.25) is 0 Å². The normalized spacial score (nSPS) is 11.2. The van der Waals surface area contributed by atoms with Crippen LogP contribution in [0, 0.1) is 0 Å². The van der Waals surface area contributed by atoms with Crippen LogP contribution < -0.4 is 15.4 Å². The molecule has 0 atom stereocenters. The highest BCUT2D eigenvalue weighted by Crippen LogP contribution is 2.23. The van der Waals surface area contributed by atoms with Gasteiger partial charge in [-0.2, -0.15) is 0 Å². The summed E-state index contributed by atoms with van der Waals surface area (Å²) in [5, 5.41) is 6.23.